The molecule has 1 fully saturated rings. The van der Waals surface area contributed by atoms with Crippen molar-refractivity contribution in [1.82, 2.24) is 10.3 Å². The quantitative estimate of drug-likeness (QED) is 0.247. The van der Waals surface area contributed by atoms with Crippen molar-refractivity contribution >= 4 is 17.7 Å². The number of carbonyl (C=O) groups excluding carboxylic acids is 1. The van der Waals surface area contributed by atoms with E-state index < -0.39 is 23.7 Å². The van der Waals surface area contributed by atoms with E-state index in [4.69, 9.17) is 5.84 Å². The zero-order valence-electron chi connectivity index (χ0n) is 18.6. The summed E-state index contributed by atoms with van der Waals surface area (Å²) in [5, 5.41) is 12.5. The monoisotopic (exact) mass is 478 g/mol. The van der Waals surface area contributed by atoms with Crippen LogP contribution in [0.25, 0.3) is 0 Å². The predicted octanol–water partition coefficient (Wildman–Crippen LogP) is 4.85. The van der Waals surface area contributed by atoms with Crippen molar-refractivity contribution < 1.29 is 27.9 Å². The smallest absolute Gasteiger partial charge is 0.418 e. The number of amides is 2. The van der Waals surface area contributed by atoms with E-state index in [-0.39, 0.29) is 17.3 Å². The van der Waals surface area contributed by atoms with Gasteiger partial charge in [-0.1, -0.05) is 30.3 Å². The third-order valence-electron chi connectivity index (χ3n) is 6.22. The van der Waals surface area contributed by atoms with Gasteiger partial charge >= 0.3 is 12.3 Å². The lowest BCUT2D eigenvalue weighted by Crippen LogP contribution is -2.33. The number of nitrogens with zero attached hydrogens (tertiary/aromatic N) is 1. The van der Waals surface area contributed by atoms with Gasteiger partial charge in [0.05, 0.1) is 5.56 Å². The predicted molar refractivity (Wildman–Crippen MR) is 122 cm³/mol. The number of nitrogen functional groups attached to an aromatic ring is 1. The van der Waals surface area contributed by atoms with Crippen LogP contribution in [0.3, 0.4) is 0 Å². The Labute approximate surface area is 196 Å². The van der Waals surface area contributed by atoms with Crippen molar-refractivity contribution in [2.24, 2.45) is 11.8 Å². The van der Waals surface area contributed by atoms with Crippen molar-refractivity contribution in [3.63, 3.8) is 0 Å². The molecule has 0 atom stereocenters. The maximum atomic E-state index is 13.5. The first-order valence-corrected chi connectivity index (χ1v) is 11.2. The normalized spacial score (nSPS) is 18.2. The fraction of sp³-hybridized carbons (Fsp3) is 0.417. The second-order valence-corrected chi connectivity index (χ2v) is 8.57. The average Bonchev–Trinajstić information content (AvgIpc) is 2.82. The summed E-state index contributed by atoms with van der Waals surface area (Å²) in [4.78, 5) is 24.8. The van der Waals surface area contributed by atoms with Crippen molar-refractivity contribution in [3.05, 3.63) is 65.2 Å². The van der Waals surface area contributed by atoms with Crippen LogP contribution in [0.15, 0.2) is 48.5 Å². The van der Waals surface area contributed by atoms with Crippen molar-refractivity contribution in [2.75, 3.05) is 11.9 Å². The Hall–Kier alpha value is -3.27. The first-order valence-electron chi connectivity index (χ1n) is 11.2. The van der Waals surface area contributed by atoms with Gasteiger partial charge in [0.2, 0.25) is 0 Å². The molecule has 7 nitrogen and oxygen atoms in total. The van der Waals surface area contributed by atoms with Gasteiger partial charge in [0.1, 0.15) is 0 Å². The number of carboxylic acid groups (broad SMARTS) is 1. The molecule has 2 aromatic rings. The highest BCUT2D eigenvalue weighted by Gasteiger charge is 2.35. The molecule has 0 saturated heterocycles. The molecule has 3 rings (SSSR count). The number of anilines is 1. The molecular weight excluding hydrogens is 449 g/mol. The van der Waals surface area contributed by atoms with Crippen LogP contribution in [0, 0.1) is 5.92 Å². The topological polar surface area (TPSA) is 108 Å². The summed E-state index contributed by atoms with van der Waals surface area (Å²) < 4.78 is 40.4. The van der Waals surface area contributed by atoms with E-state index in [1.54, 1.807) is 0 Å². The minimum atomic E-state index is -4.56. The number of hydrogen-bond acceptors (Lipinski definition) is 4. The lowest BCUT2D eigenvalue weighted by Gasteiger charge is -2.31. The van der Waals surface area contributed by atoms with Crippen LogP contribution in [0.5, 0.6) is 0 Å². The molecule has 0 radical (unpaired) electrons. The second-order valence-electron chi connectivity index (χ2n) is 8.57. The zero-order valence-corrected chi connectivity index (χ0v) is 18.6. The van der Waals surface area contributed by atoms with E-state index in [0.29, 0.717) is 38.3 Å². The summed E-state index contributed by atoms with van der Waals surface area (Å²) in [6, 6.07) is 12.4. The van der Waals surface area contributed by atoms with Gasteiger partial charge in [0.15, 0.2) is 0 Å². The van der Waals surface area contributed by atoms with E-state index in [1.165, 1.54) is 11.0 Å². The molecule has 34 heavy (non-hydrogen) atoms. The highest BCUT2D eigenvalue weighted by molar-refractivity contribution is 5.95. The summed E-state index contributed by atoms with van der Waals surface area (Å²) in [5.41, 5.74) is 1.92. The molecular formula is C24H29F3N4O3. The molecule has 1 aliphatic rings. The third-order valence-corrected chi connectivity index (χ3v) is 6.22. The number of carbonyl (C=O) groups is 2. The van der Waals surface area contributed by atoms with E-state index in [2.05, 4.69) is 5.32 Å². The van der Waals surface area contributed by atoms with E-state index in [1.807, 2.05) is 35.8 Å². The van der Waals surface area contributed by atoms with E-state index in [9.17, 15) is 27.9 Å². The van der Waals surface area contributed by atoms with Gasteiger partial charge in [0.25, 0.3) is 5.91 Å². The molecule has 1 aliphatic carbocycles. The fourth-order valence-corrected chi connectivity index (χ4v) is 4.34. The Balaban J connectivity index is 1.56. The molecule has 5 N–H and O–H groups in total. The Kier molecular flexibility index (Phi) is 8.38. The largest absolute Gasteiger partial charge is 0.465 e. The Morgan fingerprint density at radius 3 is 2.32 bits per heavy atom. The van der Waals surface area contributed by atoms with Crippen LogP contribution in [0.2, 0.25) is 0 Å². The van der Waals surface area contributed by atoms with Crippen molar-refractivity contribution in [2.45, 2.75) is 50.9 Å². The number of halogens is 3. The second kappa shape index (κ2) is 11.2. The minimum absolute atomic E-state index is 0.0406. The molecule has 184 valence electrons. The lowest BCUT2D eigenvalue weighted by atomic mass is 9.84. The standard InChI is InChI=1S/C24H29F3N4O3/c25-24(26,27)20-11-8-18(22(32)30-28)14-21(20)29-19-9-6-16(7-10-19)12-13-31(23(33)34)15-17-4-2-1-3-5-17/h1-5,8,11,14,16,19,29H,6-7,9-10,12-13,15,28H2,(H,30,32)(H,33,34)/t16-,19-. The Morgan fingerprint density at radius 2 is 1.74 bits per heavy atom. The van der Waals surface area contributed by atoms with Crippen LogP contribution < -0.4 is 16.6 Å². The Morgan fingerprint density at radius 1 is 1.06 bits per heavy atom. The van der Waals surface area contributed by atoms with E-state index in [0.717, 1.165) is 30.5 Å². The first-order chi connectivity index (χ1) is 16.2. The van der Waals surface area contributed by atoms with Crippen LogP contribution in [-0.4, -0.2) is 34.6 Å². The maximum absolute atomic E-state index is 13.5. The summed E-state index contributed by atoms with van der Waals surface area (Å²) in [6.45, 7) is 0.724. The third kappa shape index (κ3) is 6.86. The highest BCUT2D eigenvalue weighted by Crippen LogP contribution is 2.37. The SMILES string of the molecule is NNC(=O)c1ccc(C(F)(F)F)c(N[C@H]2CC[C@H](CCN(Cc3ccccc3)C(=O)O)CC2)c1. The maximum Gasteiger partial charge on any atom is 0.418 e. The molecule has 10 heteroatoms. The Bertz CT molecular complexity index is 977. The van der Waals surface area contributed by atoms with Crippen LogP contribution in [0.1, 0.15) is 53.6 Å². The average molecular weight is 479 g/mol. The van der Waals surface area contributed by atoms with Crippen LogP contribution in [0.4, 0.5) is 23.7 Å². The fourth-order valence-electron chi connectivity index (χ4n) is 4.34. The van der Waals surface area contributed by atoms with Gasteiger partial charge in [0, 0.05) is 30.4 Å². The summed E-state index contributed by atoms with van der Waals surface area (Å²) in [5.74, 6) is 4.74. The number of hydrogen-bond donors (Lipinski definition) is 4. The van der Waals surface area contributed by atoms with Gasteiger partial charge in [-0.2, -0.15) is 13.2 Å². The number of nitrogens with two attached hydrogens (primary N) is 1. The van der Waals surface area contributed by atoms with Gasteiger partial charge in [-0.3, -0.25) is 10.2 Å². The molecule has 0 unspecified atom stereocenters. The molecule has 0 aromatic heterocycles. The summed E-state index contributed by atoms with van der Waals surface area (Å²) >= 11 is 0. The van der Waals surface area contributed by atoms with Gasteiger partial charge in [-0.15, -0.1) is 0 Å². The minimum Gasteiger partial charge on any atom is -0.465 e. The van der Waals surface area contributed by atoms with Crippen molar-refractivity contribution in [1.29, 1.82) is 0 Å². The molecule has 0 bridgehead atoms. The number of benzene rings is 2. The molecule has 2 aromatic carbocycles. The molecule has 2 amide bonds. The molecule has 1 saturated carbocycles. The summed E-state index contributed by atoms with van der Waals surface area (Å²) in [6.07, 6.45) is -1.97. The van der Waals surface area contributed by atoms with Crippen LogP contribution >= 0.6 is 0 Å². The van der Waals surface area contributed by atoms with Gasteiger partial charge < -0.3 is 15.3 Å². The zero-order chi connectivity index (χ0) is 24.7. The lowest BCUT2D eigenvalue weighted by molar-refractivity contribution is -0.137. The number of alkyl halides is 3. The van der Waals surface area contributed by atoms with Crippen LogP contribution in [-0.2, 0) is 12.7 Å². The first kappa shape index (κ1) is 25.4. The summed E-state index contributed by atoms with van der Waals surface area (Å²) in [7, 11) is 0. The van der Waals surface area contributed by atoms with Gasteiger partial charge in [-0.25, -0.2) is 10.6 Å². The van der Waals surface area contributed by atoms with Crippen molar-refractivity contribution in [3.8, 4) is 0 Å². The van der Waals surface area contributed by atoms with Gasteiger partial charge in [-0.05, 0) is 61.8 Å². The molecule has 0 aliphatic heterocycles. The number of rotatable bonds is 8. The van der Waals surface area contributed by atoms with E-state index >= 15 is 0 Å². The highest BCUT2D eigenvalue weighted by atomic mass is 19.4. The molecule has 0 spiro atoms. The number of hydrazine groups is 1. The molecule has 0 heterocycles. The number of nitrogens with one attached hydrogen (secondary N) is 2.